The molecule has 0 aliphatic rings. The summed E-state index contributed by atoms with van der Waals surface area (Å²) in [4.78, 5) is 0. The van der Waals surface area contributed by atoms with Crippen LogP contribution in [0.4, 0.5) is 0 Å². The van der Waals surface area contributed by atoms with Crippen LogP contribution in [-0.4, -0.2) is 7.11 Å². The Kier molecular flexibility index (Phi) is 3.45. The second-order valence-electron chi connectivity index (χ2n) is 4.29. The molecule has 0 saturated heterocycles. The Labute approximate surface area is 121 Å². The van der Waals surface area contributed by atoms with Crippen LogP contribution in [0.25, 0.3) is 10.1 Å². The van der Waals surface area contributed by atoms with Gasteiger partial charge in [0.25, 0.3) is 0 Å². The molecular formula is C16H13ClOS. The van der Waals surface area contributed by atoms with Crippen LogP contribution in [-0.2, 0) is 0 Å². The fourth-order valence-corrected chi connectivity index (χ4v) is 3.66. The Morgan fingerprint density at radius 3 is 2.58 bits per heavy atom. The molecule has 2 aromatic carbocycles. The van der Waals surface area contributed by atoms with E-state index in [0.717, 1.165) is 16.9 Å². The molecule has 1 unspecified atom stereocenters. The third-order valence-corrected chi connectivity index (χ3v) is 4.65. The molecule has 0 radical (unpaired) electrons. The van der Waals surface area contributed by atoms with Gasteiger partial charge < -0.3 is 4.74 Å². The van der Waals surface area contributed by atoms with Gasteiger partial charge in [-0.2, -0.15) is 0 Å². The van der Waals surface area contributed by atoms with Crippen molar-refractivity contribution in [2.45, 2.75) is 5.38 Å². The fourth-order valence-electron chi connectivity index (χ4n) is 2.24. The van der Waals surface area contributed by atoms with Gasteiger partial charge in [0.05, 0.1) is 12.5 Å². The molecule has 0 N–H and O–H groups in total. The van der Waals surface area contributed by atoms with Gasteiger partial charge in [-0.05, 0) is 28.5 Å². The van der Waals surface area contributed by atoms with Gasteiger partial charge in [-0.15, -0.1) is 22.9 Å². The van der Waals surface area contributed by atoms with Gasteiger partial charge in [0.15, 0.2) is 0 Å². The van der Waals surface area contributed by atoms with E-state index in [4.69, 9.17) is 16.3 Å². The van der Waals surface area contributed by atoms with E-state index in [0.29, 0.717) is 0 Å². The third-order valence-electron chi connectivity index (χ3n) is 3.20. The van der Waals surface area contributed by atoms with Gasteiger partial charge in [0.1, 0.15) is 5.75 Å². The number of fused-ring (bicyclic) bond motifs is 1. The average molecular weight is 289 g/mol. The van der Waals surface area contributed by atoms with Crippen molar-refractivity contribution < 1.29 is 4.74 Å². The summed E-state index contributed by atoms with van der Waals surface area (Å²) in [6.07, 6.45) is 0. The molecule has 1 aromatic heterocycles. The highest BCUT2D eigenvalue weighted by molar-refractivity contribution is 7.17. The largest absolute Gasteiger partial charge is 0.496 e. The van der Waals surface area contributed by atoms with E-state index in [2.05, 4.69) is 23.6 Å². The van der Waals surface area contributed by atoms with Crippen LogP contribution in [0.3, 0.4) is 0 Å². The number of halogens is 1. The van der Waals surface area contributed by atoms with Crippen LogP contribution in [0.15, 0.2) is 53.9 Å². The van der Waals surface area contributed by atoms with Gasteiger partial charge >= 0.3 is 0 Å². The lowest BCUT2D eigenvalue weighted by molar-refractivity contribution is 0.410. The Morgan fingerprint density at radius 1 is 1.00 bits per heavy atom. The van der Waals surface area contributed by atoms with Crippen molar-refractivity contribution in [3.63, 3.8) is 0 Å². The highest BCUT2D eigenvalue weighted by atomic mass is 35.5. The fraction of sp³-hybridized carbons (Fsp3) is 0.125. The molecule has 0 fully saturated rings. The SMILES string of the molecule is COc1ccccc1C(Cl)c1csc2ccccc12. The average Bonchev–Trinajstić information content (AvgIpc) is 2.90. The predicted molar refractivity (Wildman–Crippen MR) is 82.5 cm³/mol. The van der Waals surface area contributed by atoms with E-state index < -0.39 is 0 Å². The molecule has 3 rings (SSSR count). The van der Waals surface area contributed by atoms with Crippen LogP contribution >= 0.6 is 22.9 Å². The molecule has 3 aromatic rings. The Morgan fingerprint density at radius 2 is 1.74 bits per heavy atom. The normalized spacial score (nSPS) is 12.5. The molecule has 0 aliphatic carbocycles. The zero-order valence-electron chi connectivity index (χ0n) is 10.5. The van der Waals surface area contributed by atoms with Crippen LogP contribution < -0.4 is 4.74 Å². The first-order valence-electron chi connectivity index (χ1n) is 6.04. The quantitative estimate of drug-likeness (QED) is 0.599. The molecule has 1 atom stereocenters. The summed E-state index contributed by atoms with van der Waals surface area (Å²) in [5.41, 5.74) is 2.15. The Bertz CT molecular complexity index is 705. The van der Waals surface area contributed by atoms with E-state index in [1.54, 1.807) is 18.4 Å². The number of ether oxygens (including phenoxy) is 1. The lowest BCUT2D eigenvalue weighted by atomic mass is 10.0. The molecule has 3 heteroatoms. The first-order valence-corrected chi connectivity index (χ1v) is 7.36. The monoisotopic (exact) mass is 288 g/mol. The molecule has 1 heterocycles. The minimum atomic E-state index is -0.188. The van der Waals surface area contributed by atoms with Crippen LogP contribution in [0, 0.1) is 0 Å². The zero-order chi connectivity index (χ0) is 13.2. The van der Waals surface area contributed by atoms with Crippen LogP contribution in [0.2, 0.25) is 0 Å². The Hall–Kier alpha value is -1.51. The van der Waals surface area contributed by atoms with Crippen molar-refractivity contribution in [2.24, 2.45) is 0 Å². The number of thiophene rings is 1. The van der Waals surface area contributed by atoms with Crippen LogP contribution in [0.5, 0.6) is 5.75 Å². The maximum atomic E-state index is 6.66. The number of methoxy groups -OCH3 is 1. The standard InChI is InChI=1S/C16H13ClOS/c1-18-14-8-4-2-7-12(14)16(17)13-10-19-15-9-5-3-6-11(13)15/h2-10,16H,1H3. The minimum Gasteiger partial charge on any atom is -0.496 e. The van der Waals surface area contributed by atoms with E-state index in [1.807, 2.05) is 30.3 Å². The van der Waals surface area contributed by atoms with Crippen molar-refractivity contribution in [2.75, 3.05) is 7.11 Å². The molecular weight excluding hydrogens is 276 g/mol. The lowest BCUT2D eigenvalue weighted by Gasteiger charge is -2.13. The maximum Gasteiger partial charge on any atom is 0.123 e. The van der Waals surface area contributed by atoms with E-state index in [1.165, 1.54) is 10.1 Å². The van der Waals surface area contributed by atoms with Gasteiger partial charge in [0, 0.05) is 10.3 Å². The first-order chi connectivity index (χ1) is 9.31. The molecule has 0 spiro atoms. The predicted octanol–water partition coefficient (Wildman–Crippen LogP) is 5.24. The lowest BCUT2D eigenvalue weighted by Crippen LogP contribution is -1.96. The molecule has 96 valence electrons. The maximum absolute atomic E-state index is 6.66. The van der Waals surface area contributed by atoms with Gasteiger partial charge in [-0.25, -0.2) is 0 Å². The molecule has 0 bridgehead atoms. The number of para-hydroxylation sites is 1. The number of hydrogen-bond acceptors (Lipinski definition) is 2. The topological polar surface area (TPSA) is 9.23 Å². The zero-order valence-corrected chi connectivity index (χ0v) is 12.0. The van der Waals surface area contributed by atoms with E-state index in [-0.39, 0.29) is 5.38 Å². The highest BCUT2D eigenvalue weighted by Crippen LogP contribution is 2.40. The summed E-state index contributed by atoms with van der Waals surface area (Å²) in [6.45, 7) is 0. The molecule has 0 amide bonds. The van der Waals surface area contributed by atoms with Crippen molar-refractivity contribution in [1.82, 2.24) is 0 Å². The first kappa shape index (κ1) is 12.5. The van der Waals surface area contributed by atoms with Gasteiger partial charge in [-0.1, -0.05) is 36.4 Å². The molecule has 0 aliphatic heterocycles. The molecule has 19 heavy (non-hydrogen) atoms. The van der Waals surface area contributed by atoms with Gasteiger partial charge in [-0.3, -0.25) is 0 Å². The summed E-state index contributed by atoms with van der Waals surface area (Å²) in [5, 5.41) is 3.17. The smallest absolute Gasteiger partial charge is 0.123 e. The second kappa shape index (κ2) is 5.24. The number of rotatable bonds is 3. The number of hydrogen-bond donors (Lipinski definition) is 0. The molecule has 0 saturated carbocycles. The van der Waals surface area contributed by atoms with Crippen LogP contribution in [0.1, 0.15) is 16.5 Å². The van der Waals surface area contributed by atoms with Crippen molar-refractivity contribution >= 4 is 33.0 Å². The van der Waals surface area contributed by atoms with E-state index in [9.17, 15) is 0 Å². The van der Waals surface area contributed by atoms with Crippen molar-refractivity contribution in [1.29, 1.82) is 0 Å². The minimum absolute atomic E-state index is 0.188. The highest BCUT2D eigenvalue weighted by Gasteiger charge is 2.18. The molecule has 1 nitrogen and oxygen atoms in total. The number of benzene rings is 2. The summed E-state index contributed by atoms with van der Waals surface area (Å²) < 4.78 is 6.66. The second-order valence-corrected chi connectivity index (χ2v) is 5.64. The van der Waals surface area contributed by atoms with Crippen molar-refractivity contribution in [3.05, 3.63) is 65.0 Å². The summed E-state index contributed by atoms with van der Waals surface area (Å²) >= 11 is 8.39. The summed E-state index contributed by atoms with van der Waals surface area (Å²) in [5.74, 6) is 0.831. The summed E-state index contributed by atoms with van der Waals surface area (Å²) in [6, 6.07) is 16.2. The van der Waals surface area contributed by atoms with E-state index >= 15 is 0 Å². The third kappa shape index (κ3) is 2.22. The van der Waals surface area contributed by atoms with Crippen molar-refractivity contribution in [3.8, 4) is 5.75 Å². The summed E-state index contributed by atoms with van der Waals surface area (Å²) in [7, 11) is 1.67. The number of alkyl halides is 1. The Balaban J connectivity index is 2.11. The van der Waals surface area contributed by atoms with Gasteiger partial charge in [0.2, 0.25) is 0 Å².